The van der Waals surface area contributed by atoms with Crippen molar-refractivity contribution >= 4 is 11.7 Å². The zero-order valence-electron chi connectivity index (χ0n) is 14.4. The van der Waals surface area contributed by atoms with Gasteiger partial charge in [-0.1, -0.05) is 36.4 Å². The van der Waals surface area contributed by atoms with Crippen molar-refractivity contribution in [2.45, 2.75) is 50.7 Å². The maximum Gasteiger partial charge on any atom is 0.322 e. The van der Waals surface area contributed by atoms with E-state index in [1.54, 1.807) is 0 Å². The molecule has 2 aromatic rings. The summed E-state index contributed by atoms with van der Waals surface area (Å²) in [5.74, 6) is 0.609. The number of nitrogens with two attached hydrogens (primary N) is 1. The summed E-state index contributed by atoms with van der Waals surface area (Å²) in [5, 5.41) is 3.02. The Morgan fingerprint density at radius 2 is 1.52 bits per heavy atom. The third-order valence-corrected chi connectivity index (χ3v) is 5.53. The normalized spacial score (nSPS) is 22.5. The van der Waals surface area contributed by atoms with Crippen LogP contribution in [0.4, 0.5) is 10.5 Å². The zero-order valence-corrected chi connectivity index (χ0v) is 14.4. The van der Waals surface area contributed by atoms with Crippen LogP contribution < -0.4 is 11.1 Å². The second-order valence-corrected chi connectivity index (χ2v) is 7.29. The first kappa shape index (κ1) is 16.2. The Morgan fingerprint density at radius 3 is 2.12 bits per heavy atom. The number of hydrogen-bond donors (Lipinski definition) is 2. The molecule has 25 heavy (non-hydrogen) atoms. The summed E-state index contributed by atoms with van der Waals surface area (Å²) in [5.41, 5.74) is 10.7. The molecule has 0 radical (unpaired) electrons. The molecule has 1 heterocycles. The molecule has 1 fully saturated rings. The zero-order chi connectivity index (χ0) is 17.2. The summed E-state index contributed by atoms with van der Waals surface area (Å²) >= 11 is 0. The summed E-state index contributed by atoms with van der Waals surface area (Å²) in [6.45, 7) is 1.37. The van der Waals surface area contributed by atoms with Gasteiger partial charge in [0.2, 0.25) is 0 Å². The van der Waals surface area contributed by atoms with Crippen molar-refractivity contribution in [2.24, 2.45) is 5.73 Å². The van der Waals surface area contributed by atoms with Gasteiger partial charge in [-0.2, -0.15) is 0 Å². The predicted octanol–water partition coefficient (Wildman–Crippen LogP) is 4.22. The van der Waals surface area contributed by atoms with Crippen molar-refractivity contribution in [2.75, 3.05) is 5.32 Å². The second kappa shape index (κ2) is 6.89. The highest BCUT2D eigenvalue weighted by Gasteiger charge is 2.23. The van der Waals surface area contributed by atoms with Crippen LogP contribution in [0.3, 0.4) is 0 Å². The maximum atomic E-state index is 12.5. The lowest BCUT2D eigenvalue weighted by atomic mass is 9.82. The summed E-state index contributed by atoms with van der Waals surface area (Å²) in [7, 11) is 0. The van der Waals surface area contributed by atoms with Gasteiger partial charge < -0.3 is 16.0 Å². The fourth-order valence-electron chi connectivity index (χ4n) is 3.97. The van der Waals surface area contributed by atoms with Crippen LogP contribution in [0.1, 0.15) is 48.3 Å². The molecule has 4 rings (SSSR count). The standard InChI is InChI=1S/C21H25N3O/c22-19-9-5-15(6-10-19)16-7-11-20(12-8-16)23-21(25)24-13-17-3-1-2-4-18(17)14-24/h1-4,7-8,11-12,15,19H,5-6,9-10,13-14,22H2,(H,23,25). The molecule has 4 nitrogen and oxygen atoms in total. The number of urea groups is 1. The molecule has 130 valence electrons. The first-order chi connectivity index (χ1) is 12.2. The van der Waals surface area contributed by atoms with Crippen LogP contribution in [0.2, 0.25) is 0 Å². The van der Waals surface area contributed by atoms with E-state index in [2.05, 4.69) is 29.6 Å². The number of nitrogens with zero attached hydrogens (tertiary/aromatic N) is 1. The van der Waals surface area contributed by atoms with Crippen LogP contribution >= 0.6 is 0 Å². The highest BCUT2D eigenvalue weighted by molar-refractivity contribution is 5.89. The van der Waals surface area contributed by atoms with Gasteiger partial charge in [-0.15, -0.1) is 0 Å². The highest BCUT2D eigenvalue weighted by atomic mass is 16.2. The predicted molar refractivity (Wildman–Crippen MR) is 100 cm³/mol. The first-order valence-electron chi connectivity index (χ1n) is 9.17. The van der Waals surface area contributed by atoms with Crippen molar-refractivity contribution in [3.8, 4) is 0 Å². The van der Waals surface area contributed by atoms with E-state index in [1.807, 2.05) is 29.2 Å². The van der Waals surface area contributed by atoms with Crippen LogP contribution in [0.25, 0.3) is 0 Å². The minimum atomic E-state index is -0.0346. The molecule has 0 spiro atoms. The first-order valence-corrected chi connectivity index (χ1v) is 9.17. The van der Waals surface area contributed by atoms with Gasteiger partial charge in [-0.05, 0) is 60.4 Å². The maximum absolute atomic E-state index is 12.5. The molecule has 4 heteroatoms. The molecule has 2 aliphatic rings. The van der Waals surface area contributed by atoms with E-state index in [4.69, 9.17) is 5.73 Å². The fraction of sp³-hybridized carbons (Fsp3) is 0.381. The Morgan fingerprint density at radius 1 is 0.920 bits per heavy atom. The van der Waals surface area contributed by atoms with E-state index in [-0.39, 0.29) is 6.03 Å². The molecule has 0 saturated heterocycles. The fourth-order valence-corrected chi connectivity index (χ4v) is 3.97. The lowest BCUT2D eigenvalue weighted by molar-refractivity contribution is 0.212. The molecule has 2 amide bonds. The molecule has 1 saturated carbocycles. The van der Waals surface area contributed by atoms with Crippen LogP contribution in [-0.2, 0) is 13.1 Å². The van der Waals surface area contributed by atoms with Crippen molar-refractivity contribution in [3.63, 3.8) is 0 Å². The third kappa shape index (κ3) is 3.54. The van der Waals surface area contributed by atoms with E-state index in [0.29, 0.717) is 25.0 Å². The summed E-state index contributed by atoms with van der Waals surface area (Å²) in [6.07, 6.45) is 4.55. The van der Waals surface area contributed by atoms with Gasteiger partial charge in [0.1, 0.15) is 0 Å². The molecule has 0 aromatic heterocycles. The van der Waals surface area contributed by atoms with Gasteiger partial charge in [0.15, 0.2) is 0 Å². The molecule has 1 aliphatic heterocycles. The van der Waals surface area contributed by atoms with E-state index in [1.165, 1.54) is 29.5 Å². The number of hydrogen-bond acceptors (Lipinski definition) is 2. The van der Waals surface area contributed by atoms with Crippen molar-refractivity contribution in [3.05, 3.63) is 65.2 Å². The Bertz CT molecular complexity index is 723. The molecule has 1 aliphatic carbocycles. The summed E-state index contributed by atoms with van der Waals surface area (Å²) < 4.78 is 0. The molecule has 0 atom stereocenters. The Balaban J connectivity index is 1.36. The highest BCUT2D eigenvalue weighted by Crippen LogP contribution is 2.32. The number of amides is 2. The SMILES string of the molecule is NC1CCC(c2ccc(NC(=O)N3Cc4ccccc4C3)cc2)CC1. The second-order valence-electron chi connectivity index (χ2n) is 7.29. The van der Waals surface area contributed by atoms with Crippen LogP contribution in [0.5, 0.6) is 0 Å². The minimum Gasteiger partial charge on any atom is -0.328 e. The van der Waals surface area contributed by atoms with Gasteiger partial charge in [-0.25, -0.2) is 4.79 Å². The number of carbonyl (C=O) groups is 1. The van der Waals surface area contributed by atoms with E-state index in [0.717, 1.165) is 18.5 Å². The monoisotopic (exact) mass is 335 g/mol. The molecule has 3 N–H and O–H groups in total. The Kier molecular flexibility index (Phi) is 4.45. The van der Waals surface area contributed by atoms with Crippen molar-refractivity contribution < 1.29 is 4.79 Å². The Labute approximate surface area is 149 Å². The van der Waals surface area contributed by atoms with E-state index >= 15 is 0 Å². The van der Waals surface area contributed by atoms with Crippen LogP contribution in [-0.4, -0.2) is 17.0 Å². The number of benzene rings is 2. The molecular formula is C21H25N3O. The number of carbonyl (C=O) groups excluding carboxylic acids is 1. The summed E-state index contributed by atoms with van der Waals surface area (Å²) in [6, 6.07) is 16.9. The molecule has 2 aromatic carbocycles. The van der Waals surface area contributed by atoms with Crippen molar-refractivity contribution in [1.82, 2.24) is 4.90 Å². The Hall–Kier alpha value is -2.33. The van der Waals surface area contributed by atoms with Gasteiger partial charge in [0.25, 0.3) is 0 Å². The molecular weight excluding hydrogens is 310 g/mol. The van der Waals surface area contributed by atoms with Gasteiger partial charge in [0, 0.05) is 24.8 Å². The van der Waals surface area contributed by atoms with Gasteiger partial charge in [-0.3, -0.25) is 0 Å². The van der Waals surface area contributed by atoms with Crippen LogP contribution in [0, 0.1) is 0 Å². The van der Waals surface area contributed by atoms with Crippen LogP contribution in [0.15, 0.2) is 48.5 Å². The van der Waals surface area contributed by atoms with Gasteiger partial charge in [0.05, 0.1) is 0 Å². The van der Waals surface area contributed by atoms with Gasteiger partial charge >= 0.3 is 6.03 Å². The third-order valence-electron chi connectivity index (χ3n) is 5.53. The number of rotatable bonds is 2. The number of anilines is 1. The van der Waals surface area contributed by atoms with E-state index < -0.39 is 0 Å². The largest absolute Gasteiger partial charge is 0.328 e. The number of nitrogens with one attached hydrogen (secondary N) is 1. The minimum absolute atomic E-state index is 0.0346. The molecule has 0 bridgehead atoms. The average Bonchev–Trinajstić information content (AvgIpc) is 3.07. The average molecular weight is 335 g/mol. The lowest BCUT2D eigenvalue weighted by Gasteiger charge is -2.26. The van der Waals surface area contributed by atoms with E-state index in [9.17, 15) is 4.79 Å². The lowest BCUT2D eigenvalue weighted by Crippen LogP contribution is -2.30. The molecule has 0 unspecified atom stereocenters. The summed E-state index contributed by atoms with van der Waals surface area (Å²) in [4.78, 5) is 14.4. The smallest absolute Gasteiger partial charge is 0.322 e. The quantitative estimate of drug-likeness (QED) is 0.863. The number of fused-ring (bicyclic) bond motifs is 1. The van der Waals surface area contributed by atoms with Crippen molar-refractivity contribution in [1.29, 1.82) is 0 Å². The topological polar surface area (TPSA) is 58.4 Å².